The fraction of sp³-hybridized carbons (Fsp3) is 0.833. The van der Waals surface area contributed by atoms with E-state index in [2.05, 4.69) is 0 Å². The zero-order chi connectivity index (χ0) is 9.35. The van der Waals surface area contributed by atoms with Gasteiger partial charge in [0, 0.05) is 13.1 Å². The molecule has 1 aliphatic heterocycles. The second-order valence-electron chi connectivity index (χ2n) is 2.81. The van der Waals surface area contributed by atoms with Gasteiger partial charge >= 0.3 is 12.2 Å². The zero-order valence-electron chi connectivity index (χ0n) is 6.27. The number of alkyl halides is 3. The SMILES string of the molecule is NC(=O)N1CCC(C(F)(F)F)C1. The number of primary amides is 1. The largest absolute Gasteiger partial charge is 0.393 e. The molecule has 1 heterocycles. The summed E-state index contributed by atoms with van der Waals surface area (Å²) in [5.74, 6) is -1.40. The van der Waals surface area contributed by atoms with E-state index in [1.165, 1.54) is 0 Å². The Bertz CT molecular complexity index is 192. The highest BCUT2D eigenvalue weighted by Crippen LogP contribution is 2.33. The molecule has 0 aromatic rings. The van der Waals surface area contributed by atoms with Gasteiger partial charge in [0.05, 0.1) is 5.92 Å². The van der Waals surface area contributed by atoms with Gasteiger partial charge in [-0.2, -0.15) is 13.2 Å². The van der Waals surface area contributed by atoms with Gasteiger partial charge in [-0.05, 0) is 6.42 Å². The number of nitrogens with two attached hydrogens (primary N) is 1. The van der Waals surface area contributed by atoms with Gasteiger partial charge in [-0.3, -0.25) is 0 Å². The van der Waals surface area contributed by atoms with Crippen molar-refractivity contribution in [3.8, 4) is 0 Å². The first-order chi connectivity index (χ1) is 5.41. The maximum atomic E-state index is 12.0. The van der Waals surface area contributed by atoms with Crippen molar-refractivity contribution in [3.05, 3.63) is 0 Å². The quantitative estimate of drug-likeness (QED) is 0.595. The van der Waals surface area contributed by atoms with Crippen LogP contribution < -0.4 is 5.73 Å². The molecule has 1 saturated heterocycles. The average molecular weight is 182 g/mol. The van der Waals surface area contributed by atoms with Gasteiger partial charge in [0.1, 0.15) is 0 Å². The Balaban J connectivity index is 2.51. The zero-order valence-corrected chi connectivity index (χ0v) is 6.27. The van der Waals surface area contributed by atoms with Crippen LogP contribution in [0, 0.1) is 5.92 Å². The smallest absolute Gasteiger partial charge is 0.351 e. The number of hydrogen-bond donors (Lipinski definition) is 1. The van der Waals surface area contributed by atoms with Crippen LogP contribution in [0.15, 0.2) is 0 Å². The third kappa shape index (κ3) is 1.80. The summed E-state index contributed by atoms with van der Waals surface area (Å²) in [7, 11) is 0. The van der Waals surface area contributed by atoms with Crippen molar-refractivity contribution >= 4 is 6.03 Å². The standard InChI is InChI=1S/C6H9F3N2O/c7-6(8,9)4-1-2-11(3-4)5(10)12/h4H,1-3H2,(H2,10,12). The van der Waals surface area contributed by atoms with Crippen LogP contribution in [0.4, 0.5) is 18.0 Å². The van der Waals surface area contributed by atoms with Crippen molar-refractivity contribution in [2.75, 3.05) is 13.1 Å². The molecule has 1 unspecified atom stereocenters. The van der Waals surface area contributed by atoms with E-state index >= 15 is 0 Å². The van der Waals surface area contributed by atoms with Crippen LogP contribution >= 0.6 is 0 Å². The van der Waals surface area contributed by atoms with Crippen molar-refractivity contribution in [3.63, 3.8) is 0 Å². The predicted octanol–water partition coefficient (Wildman–Crippen LogP) is 0.949. The van der Waals surface area contributed by atoms with E-state index in [0.29, 0.717) is 0 Å². The Morgan fingerprint density at radius 2 is 2.08 bits per heavy atom. The Labute approximate surface area is 67.3 Å². The molecule has 1 fully saturated rings. The van der Waals surface area contributed by atoms with Crippen molar-refractivity contribution in [1.29, 1.82) is 0 Å². The van der Waals surface area contributed by atoms with Crippen LogP contribution in [0.1, 0.15) is 6.42 Å². The van der Waals surface area contributed by atoms with E-state index in [1.54, 1.807) is 0 Å². The van der Waals surface area contributed by atoms with Gasteiger partial charge in [0.2, 0.25) is 0 Å². The fourth-order valence-electron chi connectivity index (χ4n) is 1.23. The molecule has 3 nitrogen and oxygen atoms in total. The number of rotatable bonds is 0. The Hall–Kier alpha value is -0.940. The molecule has 0 spiro atoms. The number of likely N-dealkylation sites (tertiary alicyclic amines) is 1. The molecule has 70 valence electrons. The number of urea groups is 1. The number of nitrogens with zero attached hydrogens (tertiary/aromatic N) is 1. The summed E-state index contributed by atoms with van der Waals surface area (Å²) in [6.45, 7) is -0.182. The van der Waals surface area contributed by atoms with Crippen LogP contribution in [-0.2, 0) is 0 Å². The number of amides is 2. The molecule has 0 aromatic carbocycles. The summed E-state index contributed by atoms with van der Waals surface area (Å²) in [4.78, 5) is 11.5. The molecule has 0 saturated carbocycles. The molecule has 12 heavy (non-hydrogen) atoms. The van der Waals surface area contributed by atoms with Gasteiger partial charge in [0.25, 0.3) is 0 Å². The van der Waals surface area contributed by atoms with Crippen LogP contribution in [0.2, 0.25) is 0 Å². The summed E-state index contributed by atoms with van der Waals surface area (Å²) < 4.78 is 36.1. The van der Waals surface area contributed by atoms with E-state index in [1.807, 2.05) is 0 Å². The summed E-state index contributed by atoms with van der Waals surface area (Å²) >= 11 is 0. The normalized spacial score (nSPS) is 24.6. The molecule has 0 aromatic heterocycles. The predicted molar refractivity (Wildman–Crippen MR) is 35.3 cm³/mol. The van der Waals surface area contributed by atoms with Crippen LogP contribution in [0.5, 0.6) is 0 Å². The Morgan fingerprint density at radius 3 is 2.33 bits per heavy atom. The van der Waals surface area contributed by atoms with Crippen molar-refractivity contribution in [1.82, 2.24) is 4.90 Å². The Kier molecular flexibility index (Phi) is 2.16. The molecular formula is C6H9F3N2O. The highest BCUT2D eigenvalue weighted by atomic mass is 19.4. The first-order valence-corrected chi connectivity index (χ1v) is 3.52. The summed E-state index contributed by atoms with van der Waals surface area (Å²) in [6.07, 6.45) is -4.24. The highest BCUT2D eigenvalue weighted by molar-refractivity contribution is 5.72. The van der Waals surface area contributed by atoms with Gasteiger partial charge < -0.3 is 10.6 Å². The summed E-state index contributed by atoms with van der Waals surface area (Å²) in [6, 6.07) is -0.776. The minimum absolute atomic E-state index is 0.0353. The lowest BCUT2D eigenvalue weighted by molar-refractivity contribution is -0.169. The minimum Gasteiger partial charge on any atom is -0.351 e. The van der Waals surface area contributed by atoms with E-state index in [4.69, 9.17) is 5.73 Å². The summed E-state index contributed by atoms with van der Waals surface area (Å²) in [5, 5.41) is 0. The minimum atomic E-state index is -4.20. The van der Waals surface area contributed by atoms with Gasteiger partial charge in [-0.25, -0.2) is 4.79 Å². The van der Waals surface area contributed by atoms with Crippen LogP contribution in [-0.4, -0.2) is 30.2 Å². The maximum Gasteiger partial charge on any atom is 0.393 e. The number of halogens is 3. The van der Waals surface area contributed by atoms with Crippen LogP contribution in [0.25, 0.3) is 0 Å². The average Bonchev–Trinajstić information content (AvgIpc) is 2.30. The third-order valence-electron chi connectivity index (χ3n) is 1.96. The molecular weight excluding hydrogens is 173 g/mol. The second kappa shape index (κ2) is 2.84. The molecule has 0 radical (unpaired) electrons. The lowest BCUT2D eigenvalue weighted by Gasteiger charge is -2.15. The van der Waals surface area contributed by atoms with Crippen molar-refractivity contribution < 1.29 is 18.0 Å². The van der Waals surface area contributed by atoms with E-state index in [0.717, 1.165) is 4.90 Å². The first kappa shape index (κ1) is 9.15. The van der Waals surface area contributed by atoms with Crippen LogP contribution in [0.3, 0.4) is 0 Å². The molecule has 1 aliphatic rings. The third-order valence-corrected chi connectivity index (χ3v) is 1.96. The first-order valence-electron chi connectivity index (χ1n) is 3.52. The molecule has 1 rings (SSSR count). The monoisotopic (exact) mass is 182 g/mol. The highest BCUT2D eigenvalue weighted by Gasteiger charge is 2.44. The van der Waals surface area contributed by atoms with E-state index < -0.39 is 18.1 Å². The maximum absolute atomic E-state index is 12.0. The fourth-order valence-corrected chi connectivity index (χ4v) is 1.23. The Morgan fingerprint density at radius 1 is 1.50 bits per heavy atom. The van der Waals surface area contributed by atoms with Gasteiger partial charge in [-0.15, -0.1) is 0 Å². The molecule has 1 atom stereocenters. The lowest BCUT2D eigenvalue weighted by Crippen LogP contribution is -2.35. The van der Waals surface area contributed by atoms with Crippen molar-refractivity contribution in [2.24, 2.45) is 11.7 Å². The van der Waals surface area contributed by atoms with E-state index in [-0.39, 0.29) is 19.5 Å². The summed E-state index contributed by atoms with van der Waals surface area (Å²) in [5.41, 5.74) is 4.82. The van der Waals surface area contributed by atoms with Gasteiger partial charge in [0.15, 0.2) is 0 Å². The molecule has 0 bridgehead atoms. The molecule has 2 N–H and O–H groups in total. The van der Waals surface area contributed by atoms with Gasteiger partial charge in [-0.1, -0.05) is 0 Å². The number of carbonyl (C=O) groups is 1. The van der Waals surface area contributed by atoms with E-state index in [9.17, 15) is 18.0 Å². The lowest BCUT2D eigenvalue weighted by atomic mass is 10.1. The topological polar surface area (TPSA) is 46.3 Å². The number of carbonyl (C=O) groups excluding carboxylic acids is 1. The van der Waals surface area contributed by atoms with Crippen molar-refractivity contribution in [2.45, 2.75) is 12.6 Å². The second-order valence-corrected chi connectivity index (χ2v) is 2.81. The molecule has 0 aliphatic carbocycles. The molecule has 2 amide bonds. The molecule has 6 heteroatoms. The number of hydrogen-bond acceptors (Lipinski definition) is 1.